The van der Waals surface area contributed by atoms with E-state index < -0.39 is 49.0 Å². The Hall–Kier alpha value is -3.53. The maximum Gasteiger partial charge on any atom is 0.407 e. The first-order valence-corrected chi connectivity index (χ1v) is 10.7. The highest BCUT2D eigenvalue weighted by molar-refractivity contribution is 5.84. The van der Waals surface area contributed by atoms with Crippen molar-refractivity contribution in [1.29, 1.82) is 0 Å². The van der Waals surface area contributed by atoms with Crippen LogP contribution >= 0.6 is 0 Å². The van der Waals surface area contributed by atoms with E-state index in [1.165, 1.54) is 7.11 Å². The van der Waals surface area contributed by atoms with Crippen molar-refractivity contribution in [3.05, 3.63) is 59.7 Å². The second-order valence-electron chi connectivity index (χ2n) is 8.30. The molecule has 8 nitrogen and oxygen atoms in total. The second kappa shape index (κ2) is 9.38. The first-order chi connectivity index (χ1) is 16.2. The summed E-state index contributed by atoms with van der Waals surface area (Å²) < 4.78 is 38.3. The Morgan fingerprint density at radius 2 is 1.71 bits per heavy atom. The number of hydrogen-bond donors (Lipinski definition) is 2. The van der Waals surface area contributed by atoms with Gasteiger partial charge in [-0.3, -0.25) is 9.59 Å². The Balaban J connectivity index is 1.33. The predicted molar refractivity (Wildman–Crippen MR) is 117 cm³/mol. The molecule has 34 heavy (non-hydrogen) atoms. The Kier molecular flexibility index (Phi) is 6.52. The lowest BCUT2D eigenvalue weighted by molar-refractivity contribution is -0.151. The number of methoxy groups -OCH3 is 1. The Morgan fingerprint density at radius 1 is 1.12 bits per heavy atom. The van der Waals surface area contributed by atoms with Gasteiger partial charge >= 0.3 is 12.1 Å². The number of carboxylic acid groups (broad SMARTS) is 1. The molecule has 2 unspecified atom stereocenters. The molecule has 0 radical (unpaired) electrons. The summed E-state index contributed by atoms with van der Waals surface area (Å²) in [6.45, 7) is -1.89. The first-order valence-electron chi connectivity index (χ1n) is 10.7. The van der Waals surface area contributed by atoms with Gasteiger partial charge in [-0.15, -0.1) is 0 Å². The molecule has 2 aromatic rings. The molecule has 1 aliphatic carbocycles. The van der Waals surface area contributed by atoms with Crippen LogP contribution in [-0.4, -0.2) is 73.4 Å². The molecule has 180 valence electrons. The third-order valence-corrected chi connectivity index (χ3v) is 6.26. The zero-order valence-electron chi connectivity index (χ0n) is 18.4. The summed E-state index contributed by atoms with van der Waals surface area (Å²) in [6, 6.07) is 15.7. The lowest BCUT2D eigenvalue weighted by Gasteiger charge is -2.22. The van der Waals surface area contributed by atoms with Crippen molar-refractivity contribution < 1.29 is 37.7 Å². The van der Waals surface area contributed by atoms with E-state index in [2.05, 4.69) is 5.32 Å². The van der Waals surface area contributed by atoms with E-state index >= 15 is 0 Å². The van der Waals surface area contributed by atoms with Crippen LogP contribution in [0.15, 0.2) is 48.5 Å². The maximum absolute atomic E-state index is 13.9. The van der Waals surface area contributed by atoms with E-state index in [0.717, 1.165) is 27.2 Å². The number of alkyl halides is 2. The summed E-state index contributed by atoms with van der Waals surface area (Å²) in [5.41, 5.74) is 4.26. The number of ether oxygens (including phenoxy) is 2. The number of fused-ring (bicyclic) bond motifs is 3. The van der Waals surface area contributed by atoms with Crippen molar-refractivity contribution in [1.82, 2.24) is 10.2 Å². The molecule has 1 fully saturated rings. The zero-order chi connectivity index (χ0) is 24.5. The molecule has 10 heteroatoms. The Labute approximate surface area is 194 Å². The lowest BCUT2D eigenvalue weighted by atomic mass is 9.98. The van der Waals surface area contributed by atoms with Gasteiger partial charge in [-0.25, -0.2) is 13.6 Å². The van der Waals surface area contributed by atoms with Crippen LogP contribution in [0.5, 0.6) is 0 Å². The minimum atomic E-state index is -3.54. The number of carbonyl (C=O) groups is 3. The van der Waals surface area contributed by atoms with Crippen LogP contribution in [0.2, 0.25) is 0 Å². The Morgan fingerprint density at radius 3 is 2.24 bits per heavy atom. The summed E-state index contributed by atoms with van der Waals surface area (Å²) in [6.07, 6.45) is -2.05. The molecule has 1 saturated heterocycles. The molecule has 2 N–H and O–H groups in total. The highest BCUT2D eigenvalue weighted by Crippen LogP contribution is 2.44. The fraction of sp³-hybridized carbons (Fsp3) is 0.375. The number of carbonyl (C=O) groups excluding carboxylic acids is 2. The third-order valence-electron chi connectivity index (χ3n) is 6.26. The van der Waals surface area contributed by atoms with Gasteiger partial charge < -0.3 is 24.8 Å². The summed E-state index contributed by atoms with van der Waals surface area (Å²) in [5.74, 6) is -8.17. The largest absolute Gasteiger partial charge is 0.481 e. The smallest absolute Gasteiger partial charge is 0.407 e. The summed E-state index contributed by atoms with van der Waals surface area (Å²) in [7, 11) is 1.20. The van der Waals surface area contributed by atoms with Crippen LogP contribution in [0.25, 0.3) is 11.1 Å². The van der Waals surface area contributed by atoms with Crippen molar-refractivity contribution in [3.63, 3.8) is 0 Å². The van der Waals surface area contributed by atoms with Crippen molar-refractivity contribution >= 4 is 18.0 Å². The number of aliphatic carboxylic acids is 1. The van der Waals surface area contributed by atoms with E-state index in [-0.39, 0.29) is 19.1 Å². The predicted octanol–water partition coefficient (Wildman–Crippen LogP) is 2.72. The average molecular weight is 474 g/mol. The quantitative estimate of drug-likeness (QED) is 0.640. The van der Waals surface area contributed by atoms with Gasteiger partial charge in [0, 0.05) is 19.6 Å². The molecule has 2 atom stereocenters. The van der Waals surface area contributed by atoms with Crippen molar-refractivity contribution in [2.75, 3.05) is 33.4 Å². The van der Waals surface area contributed by atoms with Gasteiger partial charge in [-0.2, -0.15) is 0 Å². The van der Waals surface area contributed by atoms with Gasteiger partial charge in [-0.1, -0.05) is 48.5 Å². The molecule has 2 amide bonds. The van der Waals surface area contributed by atoms with Gasteiger partial charge in [0.25, 0.3) is 11.8 Å². The average Bonchev–Trinajstić information content (AvgIpc) is 3.32. The lowest BCUT2D eigenvalue weighted by Crippen LogP contribution is -2.46. The number of carboxylic acids is 1. The standard InChI is InChI=1S/C24H24F2N2O6/c1-33-20(21(29)28-11-19(22(30)31)24(25,26)13-28)10-27-23(32)34-12-18-16-8-4-2-6-14(16)15-7-3-5-9-17(15)18/h2-9,18-20H,10-13H2,1H3,(H,27,32)(H,30,31). The third kappa shape index (κ3) is 4.45. The molecule has 0 aromatic heterocycles. The maximum atomic E-state index is 13.9. The van der Waals surface area contributed by atoms with E-state index in [0.29, 0.717) is 0 Å². The number of benzene rings is 2. The SMILES string of the molecule is COC(CNC(=O)OCC1c2ccccc2-c2ccccc21)C(=O)N1CC(C(=O)O)C(F)(F)C1. The monoisotopic (exact) mass is 474 g/mol. The summed E-state index contributed by atoms with van der Waals surface area (Å²) in [5, 5.41) is 11.4. The van der Waals surface area contributed by atoms with Crippen molar-refractivity contribution in [2.45, 2.75) is 17.9 Å². The summed E-state index contributed by atoms with van der Waals surface area (Å²) >= 11 is 0. The van der Waals surface area contributed by atoms with Crippen LogP contribution in [0.3, 0.4) is 0 Å². The molecule has 0 spiro atoms. The van der Waals surface area contributed by atoms with Crippen LogP contribution in [-0.2, 0) is 19.1 Å². The second-order valence-corrected chi connectivity index (χ2v) is 8.30. The number of hydrogen-bond acceptors (Lipinski definition) is 5. The van der Waals surface area contributed by atoms with Crippen LogP contribution in [0.4, 0.5) is 13.6 Å². The molecule has 0 saturated carbocycles. The van der Waals surface area contributed by atoms with Crippen molar-refractivity contribution in [3.8, 4) is 11.1 Å². The molecule has 2 aliphatic rings. The minimum Gasteiger partial charge on any atom is -0.481 e. The van der Waals surface area contributed by atoms with Crippen LogP contribution in [0.1, 0.15) is 17.0 Å². The number of halogens is 2. The number of nitrogens with zero attached hydrogens (tertiary/aromatic N) is 1. The highest BCUT2D eigenvalue weighted by atomic mass is 19.3. The minimum absolute atomic E-state index is 0.0735. The normalized spacial score (nSPS) is 19.3. The van der Waals surface area contributed by atoms with Gasteiger partial charge in [0.15, 0.2) is 6.10 Å². The topological polar surface area (TPSA) is 105 Å². The molecule has 2 aromatic carbocycles. The zero-order valence-corrected chi connectivity index (χ0v) is 18.4. The molecular formula is C24H24F2N2O6. The van der Waals surface area contributed by atoms with E-state index in [4.69, 9.17) is 14.6 Å². The van der Waals surface area contributed by atoms with Crippen LogP contribution < -0.4 is 5.32 Å². The van der Waals surface area contributed by atoms with Gasteiger partial charge in [0.1, 0.15) is 12.5 Å². The highest BCUT2D eigenvalue weighted by Gasteiger charge is 2.54. The molecule has 4 rings (SSSR count). The van der Waals surface area contributed by atoms with Gasteiger partial charge in [0.05, 0.1) is 13.1 Å². The Bertz CT molecular complexity index is 1060. The molecule has 0 bridgehead atoms. The van der Waals surface area contributed by atoms with E-state index in [9.17, 15) is 23.2 Å². The number of amides is 2. The molecule has 1 aliphatic heterocycles. The number of likely N-dealkylation sites (tertiary alicyclic amines) is 1. The van der Waals surface area contributed by atoms with E-state index in [1.54, 1.807) is 0 Å². The number of nitrogens with one attached hydrogen (secondary N) is 1. The number of alkyl carbamates (subject to hydrolysis) is 1. The van der Waals surface area contributed by atoms with Crippen LogP contribution in [0, 0.1) is 5.92 Å². The van der Waals surface area contributed by atoms with Gasteiger partial charge in [-0.05, 0) is 22.3 Å². The fourth-order valence-electron chi connectivity index (χ4n) is 4.51. The molecule has 1 heterocycles. The van der Waals surface area contributed by atoms with E-state index in [1.807, 2.05) is 48.5 Å². The molecular weight excluding hydrogens is 450 g/mol. The first kappa shape index (κ1) is 23.6. The van der Waals surface area contributed by atoms with Crippen molar-refractivity contribution in [2.24, 2.45) is 5.92 Å². The number of rotatable bonds is 7. The van der Waals surface area contributed by atoms with Gasteiger partial charge in [0.2, 0.25) is 0 Å². The summed E-state index contributed by atoms with van der Waals surface area (Å²) in [4.78, 5) is 36.7. The fourth-order valence-corrected chi connectivity index (χ4v) is 4.51.